The van der Waals surface area contributed by atoms with E-state index in [1.54, 1.807) is 6.92 Å². The lowest BCUT2D eigenvalue weighted by Gasteiger charge is -2.10. The Morgan fingerprint density at radius 3 is 2.75 bits per heavy atom. The molecule has 2 heteroatoms. The van der Waals surface area contributed by atoms with Gasteiger partial charge in [0.05, 0.1) is 12.2 Å². The molecule has 0 aromatic rings. The maximum atomic E-state index is 8.93. The van der Waals surface area contributed by atoms with Crippen molar-refractivity contribution in [3.8, 4) is 0 Å². The molecule has 0 bridgehead atoms. The average molecular weight is 116 g/mol. The maximum Gasteiger partial charge on any atom is 0.0832 e. The summed E-state index contributed by atoms with van der Waals surface area (Å²) in [5, 5.41) is 8.93. The smallest absolute Gasteiger partial charge is 0.0832 e. The van der Waals surface area contributed by atoms with E-state index in [-0.39, 0.29) is 12.2 Å². The van der Waals surface area contributed by atoms with Gasteiger partial charge in [0.2, 0.25) is 0 Å². The van der Waals surface area contributed by atoms with Crippen LogP contribution in [0.3, 0.4) is 0 Å². The third-order valence-electron chi connectivity index (χ3n) is 1.50. The fourth-order valence-corrected chi connectivity index (χ4v) is 0.983. The van der Waals surface area contributed by atoms with Gasteiger partial charge >= 0.3 is 0 Å². The van der Waals surface area contributed by atoms with Crippen LogP contribution in [0.4, 0.5) is 0 Å². The quantitative estimate of drug-likeness (QED) is 0.542. The van der Waals surface area contributed by atoms with Gasteiger partial charge in [0, 0.05) is 6.61 Å². The van der Waals surface area contributed by atoms with Gasteiger partial charge in [-0.1, -0.05) is 0 Å². The Kier molecular flexibility index (Phi) is 1.86. The fourth-order valence-electron chi connectivity index (χ4n) is 0.983. The summed E-state index contributed by atoms with van der Waals surface area (Å²) in [5.74, 6) is 0. The molecule has 0 saturated carbocycles. The van der Waals surface area contributed by atoms with Crippen LogP contribution in [0.15, 0.2) is 0 Å². The number of aliphatic hydroxyl groups excluding tert-OH is 1. The van der Waals surface area contributed by atoms with Crippen molar-refractivity contribution in [1.82, 2.24) is 0 Å². The van der Waals surface area contributed by atoms with Crippen molar-refractivity contribution in [2.75, 3.05) is 6.61 Å². The van der Waals surface area contributed by atoms with Gasteiger partial charge in [-0.2, -0.15) is 0 Å². The third-order valence-corrected chi connectivity index (χ3v) is 1.50. The summed E-state index contributed by atoms with van der Waals surface area (Å²) in [7, 11) is 0. The zero-order valence-electron chi connectivity index (χ0n) is 5.13. The number of rotatable bonds is 1. The minimum absolute atomic E-state index is 0.120. The van der Waals surface area contributed by atoms with Crippen LogP contribution in [0.25, 0.3) is 0 Å². The zero-order valence-corrected chi connectivity index (χ0v) is 5.13. The highest BCUT2D eigenvalue weighted by atomic mass is 16.5. The van der Waals surface area contributed by atoms with E-state index in [2.05, 4.69) is 0 Å². The second-order valence-corrected chi connectivity index (χ2v) is 2.29. The van der Waals surface area contributed by atoms with E-state index in [0.717, 1.165) is 19.4 Å². The Labute approximate surface area is 49.5 Å². The molecule has 1 saturated heterocycles. The van der Waals surface area contributed by atoms with E-state index in [1.165, 1.54) is 0 Å². The first-order valence-corrected chi connectivity index (χ1v) is 3.10. The summed E-state index contributed by atoms with van der Waals surface area (Å²) in [6, 6.07) is 0. The van der Waals surface area contributed by atoms with Gasteiger partial charge in [-0.15, -0.1) is 0 Å². The van der Waals surface area contributed by atoms with Crippen molar-refractivity contribution in [1.29, 1.82) is 0 Å². The van der Waals surface area contributed by atoms with Crippen molar-refractivity contribution < 1.29 is 9.84 Å². The lowest BCUT2D eigenvalue weighted by atomic mass is 10.2. The monoisotopic (exact) mass is 116 g/mol. The van der Waals surface area contributed by atoms with E-state index >= 15 is 0 Å². The van der Waals surface area contributed by atoms with Gasteiger partial charge in [0.1, 0.15) is 0 Å². The molecule has 0 amide bonds. The van der Waals surface area contributed by atoms with Crippen LogP contribution >= 0.6 is 0 Å². The molecule has 8 heavy (non-hydrogen) atoms. The van der Waals surface area contributed by atoms with Crippen molar-refractivity contribution in [2.24, 2.45) is 0 Å². The largest absolute Gasteiger partial charge is 0.391 e. The van der Waals surface area contributed by atoms with Gasteiger partial charge in [-0.3, -0.25) is 0 Å². The molecule has 0 unspecified atom stereocenters. The van der Waals surface area contributed by atoms with Crippen molar-refractivity contribution in [3.05, 3.63) is 0 Å². The lowest BCUT2D eigenvalue weighted by Crippen LogP contribution is -2.20. The number of hydrogen-bond acceptors (Lipinski definition) is 2. The highest BCUT2D eigenvalue weighted by Crippen LogP contribution is 2.14. The molecule has 1 rings (SSSR count). The second kappa shape index (κ2) is 2.46. The summed E-state index contributed by atoms with van der Waals surface area (Å²) < 4.78 is 5.16. The number of ether oxygens (including phenoxy) is 1. The van der Waals surface area contributed by atoms with Crippen LogP contribution in [-0.4, -0.2) is 23.9 Å². The number of aliphatic hydroxyl groups is 1. The van der Waals surface area contributed by atoms with E-state index in [9.17, 15) is 0 Å². The van der Waals surface area contributed by atoms with Gasteiger partial charge < -0.3 is 9.84 Å². The Bertz CT molecular complexity index is 64.9. The van der Waals surface area contributed by atoms with Crippen molar-refractivity contribution in [2.45, 2.75) is 32.0 Å². The molecule has 0 aromatic heterocycles. The molecule has 1 heterocycles. The topological polar surface area (TPSA) is 29.5 Å². The minimum atomic E-state index is -0.280. The Morgan fingerprint density at radius 2 is 2.50 bits per heavy atom. The van der Waals surface area contributed by atoms with Crippen LogP contribution in [0.1, 0.15) is 19.8 Å². The average Bonchev–Trinajstić information content (AvgIpc) is 2.12. The SMILES string of the molecule is C[C@@H](O)[C@H]1CCCO1. The third kappa shape index (κ3) is 1.20. The summed E-state index contributed by atoms with van der Waals surface area (Å²) in [6.07, 6.45) is 1.97. The van der Waals surface area contributed by atoms with Gasteiger partial charge in [0.25, 0.3) is 0 Å². The molecule has 0 aliphatic carbocycles. The van der Waals surface area contributed by atoms with Crippen molar-refractivity contribution >= 4 is 0 Å². The highest BCUT2D eigenvalue weighted by molar-refractivity contribution is 4.68. The van der Waals surface area contributed by atoms with E-state index in [1.807, 2.05) is 0 Å². The van der Waals surface area contributed by atoms with Crippen LogP contribution in [0.5, 0.6) is 0 Å². The maximum absolute atomic E-state index is 8.93. The first-order chi connectivity index (χ1) is 3.80. The molecule has 1 fully saturated rings. The molecular weight excluding hydrogens is 104 g/mol. The molecule has 0 radical (unpaired) electrons. The first-order valence-electron chi connectivity index (χ1n) is 3.10. The summed E-state index contributed by atoms with van der Waals surface area (Å²) >= 11 is 0. The molecule has 0 aromatic carbocycles. The number of hydrogen-bond donors (Lipinski definition) is 1. The molecule has 2 atom stereocenters. The molecule has 2 nitrogen and oxygen atoms in total. The highest BCUT2D eigenvalue weighted by Gasteiger charge is 2.19. The molecule has 1 aliphatic heterocycles. The fraction of sp³-hybridized carbons (Fsp3) is 1.00. The molecule has 0 spiro atoms. The Hall–Kier alpha value is -0.0800. The van der Waals surface area contributed by atoms with Crippen LogP contribution in [-0.2, 0) is 4.74 Å². The second-order valence-electron chi connectivity index (χ2n) is 2.29. The van der Waals surface area contributed by atoms with E-state index < -0.39 is 0 Å². The van der Waals surface area contributed by atoms with Crippen LogP contribution in [0.2, 0.25) is 0 Å². The summed E-state index contributed by atoms with van der Waals surface area (Å²) in [4.78, 5) is 0. The summed E-state index contributed by atoms with van der Waals surface area (Å²) in [5.41, 5.74) is 0. The van der Waals surface area contributed by atoms with E-state index in [0.29, 0.717) is 0 Å². The predicted octanol–water partition coefficient (Wildman–Crippen LogP) is 0.546. The van der Waals surface area contributed by atoms with Gasteiger partial charge in [-0.05, 0) is 19.8 Å². The predicted molar refractivity (Wildman–Crippen MR) is 30.7 cm³/mol. The Balaban J connectivity index is 2.24. The molecule has 48 valence electrons. The zero-order chi connectivity index (χ0) is 5.98. The first kappa shape index (κ1) is 6.05. The van der Waals surface area contributed by atoms with Gasteiger partial charge in [-0.25, -0.2) is 0 Å². The van der Waals surface area contributed by atoms with Crippen LogP contribution < -0.4 is 0 Å². The molecule has 1 aliphatic rings. The molecule has 1 N–H and O–H groups in total. The van der Waals surface area contributed by atoms with Crippen molar-refractivity contribution in [3.63, 3.8) is 0 Å². The Morgan fingerprint density at radius 1 is 1.75 bits per heavy atom. The lowest BCUT2D eigenvalue weighted by molar-refractivity contribution is 0.00856. The standard InChI is InChI=1S/C6H12O2/c1-5(7)6-3-2-4-8-6/h5-7H,2-4H2,1H3/t5-,6-/m1/s1. The normalized spacial score (nSPS) is 33.0. The van der Waals surface area contributed by atoms with Gasteiger partial charge in [0.15, 0.2) is 0 Å². The van der Waals surface area contributed by atoms with E-state index in [4.69, 9.17) is 9.84 Å². The van der Waals surface area contributed by atoms with Crippen LogP contribution in [0, 0.1) is 0 Å². The minimum Gasteiger partial charge on any atom is -0.391 e. The summed E-state index contributed by atoms with van der Waals surface area (Å²) in [6.45, 7) is 2.60. The molecular formula is C6H12O2.